The van der Waals surface area contributed by atoms with Crippen LogP contribution >= 0.6 is 0 Å². The van der Waals surface area contributed by atoms with Crippen molar-refractivity contribution in [3.63, 3.8) is 0 Å². The van der Waals surface area contributed by atoms with Crippen LogP contribution in [0.4, 0.5) is 5.82 Å². The van der Waals surface area contributed by atoms with E-state index in [4.69, 9.17) is 15.2 Å². The molecule has 0 spiro atoms. The van der Waals surface area contributed by atoms with Gasteiger partial charge in [0.2, 0.25) is 0 Å². The van der Waals surface area contributed by atoms with E-state index in [9.17, 15) is 9.59 Å². The molecule has 0 atom stereocenters. The second kappa shape index (κ2) is 7.04. The minimum Gasteiger partial charge on any atom is -0.497 e. The molecule has 7 heteroatoms. The molecular formula is C16H21N3O4. The molecule has 0 aliphatic carbocycles. The van der Waals surface area contributed by atoms with Crippen LogP contribution in [0.25, 0.3) is 0 Å². The Hall–Kier alpha value is -2.70. The highest BCUT2D eigenvalue weighted by Crippen LogP contribution is 2.25. The summed E-state index contributed by atoms with van der Waals surface area (Å²) in [6.07, 6.45) is 0.685. The lowest BCUT2D eigenvalue weighted by atomic mass is 10.2. The maximum atomic E-state index is 12.5. The summed E-state index contributed by atoms with van der Waals surface area (Å²) < 4.78 is 13.0. The Labute approximate surface area is 133 Å². The van der Waals surface area contributed by atoms with Crippen LogP contribution in [0.2, 0.25) is 0 Å². The van der Waals surface area contributed by atoms with Crippen molar-refractivity contribution in [1.82, 2.24) is 9.13 Å². The summed E-state index contributed by atoms with van der Waals surface area (Å²) in [5.41, 5.74) is 5.83. The molecule has 2 aromatic rings. The van der Waals surface area contributed by atoms with Crippen molar-refractivity contribution in [3.8, 4) is 11.5 Å². The van der Waals surface area contributed by atoms with Crippen LogP contribution in [0.5, 0.6) is 11.5 Å². The lowest BCUT2D eigenvalue weighted by Gasteiger charge is -2.15. The summed E-state index contributed by atoms with van der Waals surface area (Å²) in [4.78, 5) is 24.4. The van der Waals surface area contributed by atoms with Gasteiger partial charge in [-0.2, -0.15) is 0 Å². The number of aromatic nitrogens is 2. The fourth-order valence-electron chi connectivity index (χ4n) is 2.37. The summed E-state index contributed by atoms with van der Waals surface area (Å²) in [5, 5.41) is 0. The van der Waals surface area contributed by atoms with E-state index in [0.29, 0.717) is 24.5 Å². The maximum Gasteiger partial charge on any atom is 0.332 e. The zero-order chi connectivity index (χ0) is 17.0. The van der Waals surface area contributed by atoms with Crippen LogP contribution in [0, 0.1) is 0 Å². The molecule has 7 nitrogen and oxygen atoms in total. The number of anilines is 1. The van der Waals surface area contributed by atoms with E-state index < -0.39 is 5.69 Å². The lowest BCUT2D eigenvalue weighted by Crippen LogP contribution is -2.40. The Bertz CT molecular complexity index is 808. The third kappa shape index (κ3) is 3.39. The SMILES string of the molecule is CCCn1c(=O)cc(N)n(Cc2ccc(OC)cc2OC)c1=O. The van der Waals surface area contributed by atoms with Crippen molar-refractivity contribution in [3.05, 3.63) is 50.7 Å². The smallest absolute Gasteiger partial charge is 0.332 e. The van der Waals surface area contributed by atoms with Crippen LogP contribution in [0.1, 0.15) is 18.9 Å². The van der Waals surface area contributed by atoms with E-state index in [2.05, 4.69) is 0 Å². The van der Waals surface area contributed by atoms with E-state index in [1.165, 1.54) is 15.2 Å². The zero-order valence-electron chi connectivity index (χ0n) is 13.5. The molecule has 1 aromatic carbocycles. The van der Waals surface area contributed by atoms with E-state index >= 15 is 0 Å². The Morgan fingerprint density at radius 3 is 2.43 bits per heavy atom. The second-order valence-corrected chi connectivity index (χ2v) is 5.11. The number of hydrogen-bond acceptors (Lipinski definition) is 5. The number of nitrogens with zero attached hydrogens (tertiary/aromatic N) is 2. The van der Waals surface area contributed by atoms with Gasteiger partial charge in [0.1, 0.15) is 17.3 Å². The van der Waals surface area contributed by atoms with Crippen molar-refractivity contribution < 1.29 is 9.47 Å². The molecule has 1 heterocycles. The van der Waals surface area contributed by atoms with Crippen molar-refractivity contribution in [2.24, 2.45) is 0 Å². The molecule has 0 bridgehead atoms. The first kappa shape index (κ1) is 16.7. The molecule has 0 aliphatic rings. The van der Waals surface area contributed by atoms with Gasteiger partial charge in [0.05, 0.1) is 20.8 Å². The van der Waals surface area contributed by atoms with Gasteiger partial charge in [-0.1, -0.05) is 6.92 Å². The number of nitrogens with two attached hydrogens (primary N) is 1. The van der Waals surface area contributed by atoms with Crippen molar-refractivity contribution in [1.29, 1.82) is 0 Å². The van der Waals surface area contributed by atoms with Gasteiger partial charge < -0.3 is 15.2 Å². The van der Waals surface area contributed by atoms with Gasteiger partial charge in [-0.05, 0) is 18.6 Å². The van der Waals surface area contributed by atoms with Gasteiger partial charge in [0.15, 0.2) is 0 Å². The van der Waals surface area contributed by atoms with Crippen molar-refractivity contribution in [2.45, 2.75) is 26.4 Å². The van der Waals surface area contributed by atoms with Crippen molar-refractivity contribution in [2.75, 3.05) is 20.0 Å². The van der Waals surface area contributed by atoms with E-state index in [1.807, 2.05) is 6.92 Å². The Morgan fingerprint density at radius 2 is 1.83 bits per heavy atom. The van der Waals surface area contributed by atoms with Crippen LogP contribution < -0.4 is 26.5 Å². The molecular weight excluding hydrogens is 298 g/mol. The van der Waals surface area contributed by atoms with Crippen LogP contribution in [-0.2, 0) is 13.1 Å². The summed E-state index contributed by atoms with van der Waals surface area (Å²) >= 11 is 0. The van der Waals surface area contributed by atoms with Gasteiger partial charge in [-0.3, -0.25) is 13.9 Å². The minimum absolute atomic E-state index is 0.130. The van der Waals surface area contributed by atoms with Gasteiger partial charge >= 0.3 is 5.69 Å². The summed E-state index contributed by atoms with van der Waals surface area (Å²) in [6.45, 7) is 2.47. The highest BCUT2D eigenvalue weighted by Gasteiger charge is 2.12. The van der Waals surface area contributed by atoms with Crippen LogP contribution in [-0.4, -0.2) is 23.4 Å². The van der Waals surface area contributed by atoms with Gasteiger partial charge in [-0.25, -0.2) is 4.79 Å². The lowest BCUT2D eigenvalue weighted by molar-refractivity contribution is 0.390. The second-order valence-electron chi connectivity index (χ2n) is 5.11. The molecule has 124 valence electrons. The Kier molecular flexibility index (Phi) is 5.10. The van der Waals surface area contributed by atoms with Gasteiger partial charge in [-0.15, -0.1) is 0 Å². The van der Waals surface area contributed by atoms with Gasteiger partial charge in [0.25, 0.3) is 5.56 Å². The standard InChI is InChI=1S/C16H21N3O4/c1-4-7-18-15(20)9-14(17)19(16(18)21)10-11-5-6-12(22-2)8-13(11)23-3/h5-6,8-9H,4,7,10,17H2,1-3H3. The molecule has 23 heavy (non-hydrogen) atoms. The average molecular weight is 319 g/mol. The van der Waals surface area contributed by atoms with E-state index in [0.717, 1.165) is 5.56 Å². The number of methoxy groups -OCH3 is 2. The fourth-order valence-corrected chi connectivity index (χ4v) is 2.37. The number of hydrogen-bond donors (Lipinski definition) is 1. The van der Waals surface area contributed by atoms with Gasteiger partial charge in [0, 0.05) is 24.2 Å². The van der Waals surface area contributed by atoms with Crippen molar-refractivity contribution >= 4 is 5.82 Å². The first-order chi connectivity index (χ1) is 11.0. The highest BCUT2D eigenvalue weighted by molar-refractivity contribution is 5.41. The Morgan fingerprint density at radius 1 is 1.09 bits per heavy atom. The summed E-state index contributed by atoms with van der Waals surface area (Å²) in [6, 6.07) is 6.59. The van der Waals surface area contributed by atoms with E-state index in [-0.39, 0.29) is 17.9 Å². The van der Waals surface area contributed by atoms with Crippen LogP contribution in [0.3, 0.4) is 0 Å². The summed E-state index contributed by atoms with van der Waals surface area (Å²) in [5.74, 6) is 1.37. The predicted molar refractivity (Wildman–Crippen MR) is 88.3 cm³/mol. The molecule has 0 saturated carbocycles. The molecule has 2 rings (SSSR count). The molecule has 0 aliphatic heterocycles. The quantitative estimate of drug-likeness (QED) is 0.860. The number of nitrogen functional groups attached to an aromatic ring is 1. The first-order valence-electron chi connectivity index (χ1n) is 7.32. The molecule has 1 aromatic heterocycles. The fraction of sp³-hybridized carbons (Fsp3) is 0.375. The highest BCUT2D eigenvalue weighted by atomic mass is 16.5. The van der Waals surface area contributed by atoms with E-state index in [1.54, 1.807) is 32.4 Å². The molecule has 0 fully saturated rings. The number of ether oxygens (including phenoxy) is 2. The molecule has 0 saturated heterocycles. The zero-order valence-corrected chi connectivity index (χ0v) is 13.5. The Balaban J connectivity index is 2.50. The maximum absolute atomic E-state index is 12.5. The largest absolute Gasteiger partial charge is 0.497 e. The normalized spacial score (nSPS) is 10.6. The summed E-state index contributed by atoms with van der Waals surface area (Å²) in [7, 11) is 3.11. The number of rotatable bonds is 6. The first-order valence-corrected chi connectivity index (χ1v) is 7.32. The third-order valence-electron chi connectivity index (χ3n) is 3.58. The average Bonchev–Trinajstić information content (AvgIpc) is 2.55. The molecule has 0 radical (unpaired) electrons. The molecule has 0 amide bonds. The monoisotopic (exact) mass is 319 g/mol. The van der Waals surface area contributed by atoms with Crippen LogP contribution in [0.15, 0.2) is 33.9 Å². The molecule has 2 N–H and O–H groups in total. The minimum atomic E-state index is -0.422. The topological polar surface area (TPSA) is 88.5 Å². The molecule has 0 unspecified atom stereocenters. The third-order valence-corrected chi connectivity index (χ3v) is 3.58. The number of benzene rings is 1. The predicted octanol–water partition coefficient (Wildman–Crippen LogP) is 1.07.